The Balaban J connectivity index is 1.19. The van der Waals surface area contributed by atoms with E-state index >= 15 is 0 Å². The Morgan fingerprint density at radius 1 is 0.914 bits per heavy atom. The zero-order valence-electron chi connectivity index (χ0n) is 19.5. The highest BCUT2D eigenvalue weighted by Gasteiger charge is 2.29. The number of nitrogens with zero attached hydrogens (tertiary/aromatic N) is 4. The summed E-state index contributed by atoms with van der Waals surface area (Å²) < 4.78 is 0. The van der Waals surface area contributed by atoms with Crippen LogP contribution in [-0.4, -0.2) is 59.4 Å². The van der Waals surface area contributed by atoms with Crippen LogP contribution in [0.15, 0.2) is 60.8 Å². The molecule has 1 aliphatic carbocycles. The van der Waals surface area contributed by atoms with Crippen molar-refractivity contribution in [3.8, 4) is 11.3 Å². The Hall–Kier alpha value is -3.98. The predicted octanol–water partition coefficient (Wildman–Crippen LogP) is 2.84. The van der Waals surface area contributed by atoms with E-state index in [4.69, 9.17) is 5.73 Å². The van der Waals surface area contributed by atoms with Gasteiger partial charge >= 0.3 is 0 Å². The van der Waals surface area contributed by atoms with Crippen molar-refractivity contribution in [3.63, 3.8) is 0 Å². The molecule has 1 saturated heterocycles. The van der Waals surface area contributed by atoms with Crippen LogP contribution in [-0.2, 0) is 9.59 Å². The molecule has 2 amide bonds. The fraction of sp³-hybridized carbons (Fsp3) is 0.308. The first-order valence-corrected chi connectivity index (χ1v) is 11.9. The van der Waals surface area contributed by atoms with Crippen LogP contribution in [0.2, 0.25) is 0 Å². The molecule has 2 fully saturated rings. The minimum Gasteiger partial charge on any atom is -0.368 e. The Morgan fingerprint density at radius 3 is 2.26 bits per heavy atom. The molecule has 0 unspecified atom stereocenters. The molecule has 2 aliphatic rings. The van der Waals surface area contributed by atoms with E-state index in [0.717, 1.165) is 54.3 Å². The summed E-state index contributed by atoms with van der Waals surface area (Å²) in [5, 5.41) is 6.22. The molecule has 9 heteroatoms. The number of nitrogens with two attached hydrogens (primary N) is 1. The van der Waals surface area contributed by atoms with Crippen molar-refractivity contribution in [2.45, 2.75) is 12.8 Å². The number of hydrogen-bond donors (Lipinski definition) is 3. The summed E-state index contributed by atoms with van der Waals surface area (Å²) in [5.41, 5.74) is 10.0. The number of anilines is 4. The summed E-state index contributed by atoms with van der Waals surface area (Å²) >= 11 is 0. The van der Waals surface area contributed by atoms with E-state index in [-0.39, 0.29) is 24.3 Å². The van der Waals surface area contributed by atoms with Crippen molar-refractivity contribution in [2.75, 3.05) is 48.3 Å². The third-order valence-corrected chi connectivity index (χ3v) is 6.35. The van der Waals surface area contributed by atoms with Crippen molar-refractivity contribution >= 4 is 34.8 Å². The normalized spacial score (nSPS) is 15.6. The molecule has 4 N–H and O–H groups in total. The second-order valence-corrected chi connectivity index (χ2v) is 8.85. The lowest BCUT2D eigenvalue weighted by Crippen LogP contribution is -2.50. The van der Waals surface area contributed by atoms with Gasteiger partial charge in [-0.2, -0.15) is 0 Å². The van der Waals surface area contributed by atoms with Gasteiger partial charge in [0.1, 0.15) is 0 Å². The molecule has 0 radical (unpaired) electrons. The molecule has 9 nitrogen and oxygen atoms in total. The molecule has 1 aromatic heterocycles. The number of amides is 2. The van der Waals surface area contributed by atoms with Gasteiger partial charge in [0, 0.05) is 60.9 Å². The van der Waals surface area contributed by atoms with E-state index in [1.807, 2.05) is 47.4 Å². The maximum absolute atomic E-state index is 11.9. The Kier molecular flexibility index (Phi) is 6.58. The molecule has 180 valence electrons. The van der Waals surface area contributed by atoms with Gasteiger partial charge in [0.15, 0.2) is 0 Å². The molecular weight excluding hydrogens is 442 g/mol. The summed E-state index contributed by atoms with van der Waals surface area (Å²) in [6.07, 6.45) is 3.69. The minimum atomic E-state index is 0.00251. The Morgan fingerprint density at radius 2 is 1.60 bits per heavy atom. The zero-order valence-corrected chi connectivity index (χ0v) is 19.5. The van der Waals surface area contributed by atoms with Crippen LogP contribution >= 0.6 is 0 Å². The molecule has 35 heavy (non-hydrogen) atoms. The van der Waals surface area contributed by atoms with Crippen molar-refractivity contribution in [1.29, 1.82) is 0 Å². The van der Waals surface area contributed by atoms with Crippen molar-refractivity contribution in [3.05, 3.63) is 60.8 Å². The number of aromatic nitrogens is 2. The summed E-state index contributed by atoms with van der Waals surface area (Å²) in [5.74, 6) is 0.788. The summed E-state index contributed by atoms with van der Waals surface area (Å²) in [7, 11) is 0. The number of piperazine rings is 1. The Labute approximate surface area is 204 Å². The average molecular weight is 472 g/mol. The molecule has 2 aromatic carbocycles. The molecule has 2 heterocycles. The van der Waals surface area contributed by atoms with Crippen molar-refractivity contribution in [1.82, 2.24) is 14.9 Å². The van der Waals surface area contributed by atoms with Gasteiger partial charge in [0.25, 0.3) is 0 Å². The van der Waals surface area contributed by atoms with E-state index in [1.165, 1.54) is 0 Å². The van der Waals surface area contributed by atoms with Gasteiger partial charge in [-0.15, -0.1) is 0 Å². The van der Waals surface area contributed by atoms with Gasteiger partial charge in [-0.1, -0.05) is 12.1 Å². The molecule has 0 spiro atoms. The standard InChI is InChI=1S/C26H29N7O2/c27-17-24(34)33-15-13-32(14-16-33)22-9-7-21(8-10-22)30-26-28-12-11-23(31-26)18-3-5-20(6-4-18)29-25(35)19-1-2-19/h3-12,19H,1-2,13-17,27H2,(H,29,35)(H,28,30,31). The van der Waals surface area contributed by atoms with Crippen molar-refractivity contribution < 1.29 is 9.59 Å². The largest absolute Gasteiger partial charge is 0.368 e. The van der Waals surface area contributed by atoms with Gasteiger partial charge in [0.05, 0.1) is 12.2 Å². The van der Waals surface area contributed by atoms with Crippen LogP contribution in [0.5, 0.6) is 0 Å². The van der Waals surface area contributed by atoms with Crippen LogP contribution in [0.4, 0.5) is 23.0 Å². The summed E-state index contributed by atoms with van der Waals surface area (Å²) in [4.78, 5) is 36.8. The smallest absolute Gasteiger partial charge is 0.236 e. The van der Waals surface area contributed by atoms with Gasteiger partial charge in [-0.05, 0) is 55.3 Å². The lowest BCUT2D eigenvalue weighted by Gasteiger charge is -2.36. The molecule has 0 bridgehead atoms. The van der Waals surface area contributed by atoms with Crippen LogP contribution in [0.1, 0.15) is 12.8 Å². The van der Waals surface area contributed by atoms with E-state index in [0.29, 0.717) is 19.0 Å². The second-order valence-electron chi connectivity index (χ2n) is 8.85. The SMILES string of the molecule is NCC(=O)N1CCN(c2ccc(Nc3nccc(-c4ccc(NC(=O)C5CC5)cc4)n3)cc2)CC1. The summed E-state index contributed by atoms with van der Waals surface area (Å²) in [6.45, 7) is 3.00. The minimum absolute atomic E-state index is 0.00251. The number of nitrogens with one attached hydrogen (secondary N) is 2. The van der Waals surface area contributed by atoms with Crippen LogP contribution in [0, 0.1) is 5.92 Å². The van der Waals surface area contributed by atoms with E-state index in [9.17, 15) is 9.59 Å². The summed E-state index contributed by atoms with van der Waals surface area (Å²) in [6, 6.07) is 17.7. The quantitative estimate of drug-likeness (QED) is 0.485. The van der Waals surface area contributed by atoms with Gasteiger partial charge in [-0.3, -0.25) is 9.59 Å². The molecule has 1 saturated carbocycles. The number of carbonyl (C=O) groups is 2. The highest BCUT2D eigenvalue weighted by Crippen LogP contribution is 2.30. The molecule has 1 aliphatic heterocycles. The number of benzene rings is 2. The van der Waals surface area contributed by atoms with E-state index in [2.05, 4.69) is 37.6 Å². The molecular formula is C26H29N7O2. The van der Waals surface area contributed by atoms with Gasteiger partial charge in [0.2, 0.25) is 17.8 Å². The van der Waals surface area contributed by atoms with Crippen LogP contribution < -0.4 is 21.3 Å². The van der Waals surface area contributed by atoms with Gasteiger partial charge < -0.3 is 26.2 Å². The van der Waals surface area contributed by atoms with E-state index in [1.54, 1.807) is 6.20 Å². The first kappa shape index (κ1) is 22.8. The number of hydrogen-bond acceptors (Lipinski definition) is 7. The first-order chi connectivity index (χ1) is 17.1. The Bertz CT molecular complexity index is 1190. The number of rotatable bonds is 7. The van der Waals surface area contributed by atoms with Crippen LogP contribution in [0.3, 0.4) is 0 Å². The second kappa shape index (κ2) is 10.1. The van der Waals surface area contributed by atoms with Crippen molar-refractivity contribution in [2.24, 2.45) is 11.7 Å². The number of carbonyl (C=O) groups excluding carboxylic acids is 2. The first-order valence-electron chi connectivity index (χ1n) is 11.9. The van der Waals surface area contributed by atoms with Gasteiger partial charge in [-0.25, -0.2) is 9.97 Å². The fourth-order valence-corrected chi connectivity index (χ4v) is 4.12. The fourth-order valence-electron chi connectivity index (χ4n) is 4.12. The maximum Gasteiger partial charge on any atom is 0.236 e. The highest BCUT2D eigenvalue weighted by molar-refractivity contribution is 5.94. The van der Waals surface area contributed by atoms with Crippen LogP contribution in [0.25, 0.3) is 11.3 Å². The molecule has 5 rings (SSSR count). The zero-order chi connectivity index (χ0) is 24.2. The lowest BCUT2D eigenvalue weighted by atomic mass is 10.1. The maximum atomic E-state index is 11.9. The van der Waals surface area contributed by atoms with E-state index < -0.39 is 0 Å². The topological polar surface area (TPSA) is 116 Å². The monoisotopic (exact) mass is 471 g/mol. The molecule has 3 aromatic rings. The predicted molar refractivity (Wildman–Crippen MR) is 136 cm³/mol. The third-order valence-electron chi connectivity index (χ3n) is 6.35. The average Bonchev–Trinajstić information content (AvgIpc) is 3.75. The lowest BCUT2D eigenvalue weighted by molar-refractivity contribution is -0.130. The molecule has 0 atom stereocenters. The highest BCUT2D eigenvalue weighted by atomic mass is 16.2. The third kappa shape index (κ3) is 5.58.